The maximum Gasteiger partial charge on any atom is 0.266 e. The highest BCUT2D eigenvalue weighted by Crippen LogP contribution is 2.28. The monoisotopic (exact) mass is 385 g/mol. The van der Waals surface area contributed by atoms with Gasteiger partial charge >= 0.3 is 0 Å². The minimum Gasteiger partial charge on any atom is -0.545 e. The van der Waals surface area contributed by atoms with E-state index in [1.54, 1.807) is 43.3 Å². The fourth-order valence-electron chi connectivity index (χ4n) is 2.89. The molecule has 1 N–H and O–H groups in total. The average molecular weight is 385 g/mol. The molecule has 0 atom stereocenters. The van der Waals surface area contributed by atoms with Crippen LogP contribution < -0.4 is 10.4 Å². The smallest absolute Gasteiger partial charge is 0.266 e. The molecule has 1 heterocycles. The van der Waals surface area contributed by atoms with Crippen molar-refractivity contribution in [2.75, 3.05) is 5.32 Å². The van der Waals surface area contributed by atoms with Crippen LogP contribution in [0.3, 0.4) is 0 Å². The number of aromatic carboxylic acids is 1. The van der Waals surface area contributed by atoms with Gasteiger partial charge in [-0.1, -0.05) is 36.4 Å². The molecule has 0 saturated carbocycles. The van der Waals surface area contributed by atoms with Crippen LogP contribution in [-0.4, -0.2) is 11.9 Å². The Hall–Kier alpha value is -4.11. The van der Waals surface area contributed by atoms with Crippen LogP contribution in [0.2, 0.25) is 0 Å². The quantitative estimate of drug-likeness (QED) is 0.535. The van der Waals surface area contributed by atoms with Crippen molar-refractivity contribution in [2.45, 2.75) is 13.8 Å². The Kier molecular flexibility index (Phi) is 5.61. The van der Waals surface area contributed by atoms with Gasteiger partial charge in [-0.3, -0.25) is 4.79 Å². The number of para-hydroxylation sites is 1. The Bertz CT molecular complexity index is 1170. The number of nitrogens with zero attached hydrogens (tertiary/aromatic N) is 1. The number of rotatable bonds is 5. The number of anilines is 1. The van der Waals surface area contributed by atoms with E-state index in [4.69, 9.17) is 4.42 Å². The number of carboxylic acid groups (broad SMARTS) is 1. The average Bonchev–Trinajstić information content (AvgIpc) is 3.16. The van der Waals surface area contributed by atoms with Crippen LogP contribution in [0.1, 0.15) is 27.2 Å². The molecule has 0 aliphatic rings. The lowest BCUT2D eigenvalue weighted by Crippen LogP contribution is -2.23. The highest BCUT2D eigenvalue weighted by atomic mass is 16.4. The first kappa shape index (κ1) is 19.6. The molecule has 0 fully saturated rings. The lowest BCUT2D eigenvalue weighted by molar-refractivity contribution is -0.255. The zero-order valence-corrected chi connectivity index (χ0v) is 15.9. The number of carboxylic acids is 1. The number of hydrogen-bond acceptors (Lipinski definition) is 5. The van der Waals surface area contributed by atoms with Crippen molar-refractivity contribution >= 4 is 23.6 Å². The number of nitrogens with one attached hydrogen (secondary N) is 1. The van der Waals surface area contributed by atoms with Gasteiger partial charge in [-0.25, -0.2) is 0 Å². The van der Waals surface area contributed by atoms with E-state index in [2.05, 4.69) is 5.32 Å². The summed E-state index contributed by atoms with van der Waals surface area (Å²) >= 11 is 0. The van der Waals surface area contributed by atoms with Gasteiger partial charge in [0.15, 0.2) is 0 Å². The Labute approximate surface area is 167 Å². The van der Waals surface area contributed by atoms with Crippen molar-refractivity contribution in [1.29, 1.82) is 5.26 Å². The summed E-state index contributed by atoms with van der Waals surface area (Å²) in [6.45, 7) is 3.52. The number of furan rings is 1. The molecule has 144 valence electrons. The molecular formula is C23H17N2O4-. The van der Waals surface area contributed by atoms with E-state index in [0.29, 0.717) is 28.3 Å². The molecule has 1 aromatic heterocycles. The fourth-order valence-corrected chi connectivity index (χ4v) is 2.89. The highest BCUT2D eigenvalue weighted by molar-refractivity contribution is 6.09. The summed E-state index contributed by atoms with van der Waals surface area (Å²) in [4.78, 5) is 23.6. The molecule has 3 aromatic rings. The second-order valence-corrected chi connectivity index (χ2v) is 6.41. The molecule has 0 aliphatic heterocycles. The van der Waals surface area contributed by atoms with Gasteiger partial charge in [0, 0.05) is 22.9 Å². The largest absolute Gasteiger partial charge is 0.545 e. The normalized spacial score (nSPS) is 11.0. The number of aryl methyl sites for hydroxylation is 1. The van der Waals surface area contributed by atoms with E-state index >= 15 is 0 Å². The molecule has 6 heteroatoms. The highest BCUT2D eigenvalue weighted by Gasteiger charge is 2.14. The molecule has 3 rings (SSSR count). The Morgan fingerprint density at radius 3 is 2.52 bits per heavy atom. The Balaban J connectivity index is 1.88. The van der Waals surface area contributed by atoms with Crippen molar-refractivity contribution in [3.8, 4) is 17.4 Å². The van der Waals surface area contributed by atoms with Crippen molar-refractivity contribution in [3.63, 3.8) is 0 Å². The van der Waals surface area contributed by atoms with Crippen molar-refractivity contribution in [3.05, 3.63) is 82.6 Å². The summed E-state index contributed by atoms with van der Waals surface area (Å²) in [5.41, 5.74) is 2.56. The van der Waals surface area contributed by atoms with Gasteiger partial charge in [-0.05, 0) is 43.2 Å². The number of benzene rings is 2. The van der Waals surface area contributed by atoms with Gasteiger partial charge in [0.25, 0.3) is 5.91 Å². The molecule has 0 saturated heterocycles. The maximum atomic E-state index is 12.4. The van der Waals surface area contributed by atoms with E-state index in [1.807, 2.05) is 25.1 Å². The van der Waals surface area contributed by atoms with Gasteiger partial charge in [0.1, 0.15) is 23.2 Å². The van der Waals surface area contributed by atoms with Crippen LogP contribution >= 0.6 is 0 Å². The molecule has 1 amide bonds. The van der Waals surface area contributed by atoms with Crippen LogP contribution in [0, 0.1) is 25.2 Å². The van der Waals surface area contributed by atoms with Crippen molar-refractivity contribution in [2.24, 2.45) is 0 Å². The van der Waals surface area contributed by atoms with E-state index in [1.165, 1.54) is 12.1 Å². The van der Waals surface area contributed by atoms with Gasteiger partial charge < -0.3 is 19.6 Å². The van der Waals surface area contributed by atoms with E-state index in [9.17, 15) is 20.0 Å². The van der Waals surface area contributed by atoms with Crippen LogP contribution in [0.5, 0.6) is 0 Å². The molecular weight excluding hydrogens is 368 g/mol. The van der Waals surface area contributed by atoms with Crippen LogP contribution in [-0.2, 0) is 4.79 Å². The van der Waals surface area contributed by atoms with Crippen molar-refractivity contribution in [1.82, 2.24) is 0 Å². The first-order valence-corrected chi connectivity index (χ1v) is 8.80. The van der Waals surface area contributed by atoms with E-state index in [0.717, 1.165) is 5.56 Å². The maximum absolute atomic E-state index is 12.4. The van der Waals surface area contributed by atoms with Crippen LogP contribution in [0.4, 0.5) is 5.69 Å². The lowest BCUT2D eigenvalue weighted by atomic mass is 10.0. The topological polar surface area (TPSA) is 106 Å². The Morgan fingerprint density at radius 2 is 1.83 bits per heavy atom. The third-order valence-corrected chi connectivity index (χ3v) is 4.49. The summed E-state index contributed by atoms with van der Waals surface area (Å²) in [5, 5.41) is 23.3. The molecule has 29 heavy (non-hydrogen) atoms. The van der Waals surface area contributed by atoms with Crippen LogP contribution in [0.25, 0.3) is 17.4 Å². The summed E-state index contributed by atoms with van der Waals surface area (Å²) in [6, 6.07) is 17.2. The number of carbonyl (C=O) groups is 2. The number of nitriles is 1. The van der Waals surface area contributed by atoms with Gasteiger partial charge in [-0.15, -0.1) is 0 Å². The van der Waals surface area contributed by atoms with Crippen molar-refractivity contribution < 1.29 is 19.1 Å². The van der Waals surface area contributed by atoms with E-state index < -0.39 is 11.9 Å². The zero-order chi connectivity index (χ0) is 21.0. The fraction of sp³-hybridized carbons (Fsp3) is 0.0870. The molecule has 0 bridgehead atoms. The van der Waals surface area contributed by atoms with Gasteiger partial charge in [0.2, 0.25) is 0 Å². The SMILES string of the molecule is Cc1ccccc1NC(=O)/C(C#N)=C\c1ccc(-c2cccc(C(=O)[O-])c2C)o1. The summed E-state index contributed by atoms with van der Waals surface area (Å²) < 4.78 is 5.72. The summed E-state index contributed by atoms with van der Waals surface area (Å²) in [5.74, 6) is -1.09. The molecule has 0 spiro atoms. The third kappa shape index (κ3) is 4.25. The second kappa shape index (κ2) is 8.28. The molecule has 6 nitrogen and oxygen atoms in total. The summed E-state index contributed by atoms with van der Waals surface area (Å²) in [6.07, 6.45) is 1.34. The van der Waals surface area contributed by atoms with Gasteiger partial charge in [-0.2, -0.15) is 5.26 Å². The Morgan fingerprint density at radius 1 is 1.07 bits per heavy atom. The minimum atomic E-state index is -1.27. The third-order valence-electron chi connectivity index (χ3n) is 4.49. The summed E-state index contributed by atoms with van der Waals surface area (Å²) in [7, 11) is 0. The standard InChI is InChI=1S/C23H18N2O4/c1-14-6-3-4-9-20(14)25-22(26)16(13-24)12-17-10-11-21(29-17)18-7-5-8-19(15(18)2)23(27)28/h3-12H,1-2H3,(H,25,26)(H,27,28)/p-1/b16-12-. The zero-order valence-electron chi connectivity index (χ0n) is 15.9. The number of amides is 1. The number of carbonyl (C=O) groups excluding carboxylic acids is 2. The molecule has 0 aliphatic carbocycles. The predicted molar refractivity (Wildman–Crippen MR) is 107 cm³/mol. The molecule has 0 radical (unpaired) electrons. The minimum absolute atomic E-state index is 0.0753. The number of hydrogen-bond donors (Lipinski definition) is 1. The lowest BCUT2D eigenvalue weighted by Gasteiger charge is -2.10. The second-order valence-electron chi connectivity index (χ2n) is 6.41. The first-order chi connectivity index (χ1) is 13.9. The van der Waals surface area contributed by atoms with Crippen LogP contribution in [0.15, 0.2) is 64.6 Å². The molecule has 0 unspecified atom stereocenters. The first-order valence-electron chi connectivity index (χ1n) is 8.80. The molecule has 2 aromatic carbocycles. The predicted octanol–water partition coefficient (Wildman–Crippen LogP) is 3.47. The van der Waals surface area contributed by atoms with E-state index in [-0.39, 0.29) is 11.1 Å². The van der Waals surface area contributed by atoms with Gasteiger partial charge in [0.05, 0.1) is 5.97 Å².